The average Bonchev–Trinajstić information content (AvgIpc) is 2.98. The molecule has 12 heteroatoms. The zero-order chi connectivity index (χ0) is 18.7. The molecule has 26 heavy (non-hydrogen) atoms. The average molecular weight is 366 g/mol. The van der Waals surface area contributed by atoms with Crippen LogP contribution in [0.3, 0.4) is 0 Å². The van der Waals surface area contributed by atoms with E-state index in [0.29, 0.717) is 11.6 Å². The van der Waals surface area contributed by atoms with Crippen LogP contribution in [0.2, 0.25) is 0 Å². The van der Waals surface area contributed by atoms with Crippen molar-refractivity contribution in [2.45, 2.75) is 13.1 Å². The van der Waals surface area contributed by atoms with Crippen molar-refractivity contribution in [3.8, 4) is 0 Å². The summed E-state index contributed by atoms with van der Waals surface area (Å²) in [6.07, 6.45) is -2.10. The van der Waals surface area contributed by atoms with Crippen molar-refractivity contribution in [3.63, 3.8) is 0 Å². The van der Waals surface area contributed by atoms with Gasteiger partial charge in [0.25, 0.3) is 11.7 Å². The molecular formula is C14H13F3N8O. The fourth-order valence-electron chi connectivity index (χ4n) is 2.11. The molecule has 9 nitrogen and oxygen atoms in total. The number of amides is 1. The topological polar surface area (TPSA) is 110 Å². The van der Waals surface area contributed by atoms with Gasteiger partial charge in [-0.2, -0.15) is 22.7 Å². The summed E-state index contributed by atoms with van der Waals surface area (Å²) in [4.78, 5) is 27.4. The highest BCUT2D eigenvalue weighted by molar-refractivity contribution is 5.92. The fraction of sp³-hybridized carbons (Fsp3) is 0.286. The Morgan fingerprint density at radius 1 is 1.15 bits per heavy atom. The normalized spacial score (nSPS) is 11.5. The minimum atomic E-state index is -4.55. The van der Waals surface area contributed by atoms with Gasteiger partial charge >= 0.3 is 6.18 Å². The smallest absolute Gasteiger partial charge is 0.352 e. The number of rotatable bonds is 5. The monoisotopic (exact) mass is 366 g/mol. The van der Waals surface area contributed by atoms with E-state index < -0.39 is 17.8 Å². The summed E-state index contributed by atoms with van der Waals surface area (Å²) in [6.45, 7) is 1.95. The maximum absolute atomic E-state index is 12.6. The molecule has 2 N–H and O–H groups in total. The lowest BCUT2D eigenvalue weighted by Crippen LogP contribution is -2.30. The molecule has 0 aromatic carbocycles. The number of hydrogen-bond acceptors (Lipinski definition) is 7. The van der Waals surface area contributed by atoms with Crippen LogP contribution in [-0.4, -0.2) is 48.5 Å². The van der Waals surface area contributed by atoms with E-state index in [2.05, 4.69) is 35.7 Å². The number of aryl methyl sites for hydroxylation is 1. The predicted octanol–water partition coefficient (Wildman–Crippen LogP) is 1.08. The van der Waals surface area contributed by atoms with E-state index in [4.69, 9.17) is 0 Å². The van der Waals surface area contributed by atoms with E-state index in [-0.39, 0.29) is 24.7 Å². The Hall–Kier alpha value is -3.31. The predicted molar refractivity (Wildman–Crippen MR) is 83.4 cm³/mol. The Balaban J connectivity index is 1.57. The third-order valence-electron chi connectivity index (χ3n) is 3.22. The van der Waals surface area contributed by atoms with Gasteiger partial charge in [0.1, 0.15) is 17.2 Å². The molecule has 0 spiro atoms. The van der Waals surface area contributed by atoms with E-state index in [9.17, 15) is 18.0 Å². The summed E-state index contributed by atoms with van der Waals surface area (Å²) < 4.78 is 39.1. The molecule has 3 heterocycles. The second-order valence-electron chi connectivity index (χ2n) is 5.15. The Labute approximate surface area is 144 Å². The highest BCUT2D eigenvalue weighted by atomic mass is 19.4. The number of anilines is 1. The van der Waals surface area contributed by atoms with Crippen molar-refractivity contribution in [2.24, 2.45) is 0 Å². The van der Waals surface area contributed by atoms with Crippen LogP contribution in [0.1, 0.15) is 22.0 Å². The van der Waals surface area contributed by atoms with Gasteiger partial charge in [0, 0.05) is 25.5 Å². The van der Waals surface area contributed by atoms with Gasteiger partial charge in [0.2, 0.25) is 5.95 Å². The molecule has 0 saturated heterocycles. The van der Waals surface area contributed by atoms with Gasteiger partial charge in [0.05, 0.1) is 0 Å². The van der Waals surface area contributed by atoms with Crippen molar-refractivity contribution in [1.29, 1.82) is 0 Å². The van der Waals surface area contributed by atoms with Crippen LogP contribution in [0.5, 0.6) is 0 Å². The van der Waals surface area contributed by atoms with Gasteiger partial charge in [-0.25, -0.2) is 15.0 Å². The van der Waals surface area contributed by atoms with Crippen LogP contribution in [-0.2, 0) is 6.18 Å². The summed E-state index contributed by atoms with van der Waals surface area (Å²) >= 11 is 0. The Morgan fingerprint density at radius 2 is 1.92 bits per heavy atom. The van der Waals surface area contributed by atoms with Gasteiger partial charge < -0.3 is 10.6 Å². The first-order valence-corrected chi connectivity index (χ1v) is 7.45. The zero-order valence-electron chi connectivity index (χ0n) is 13.4. The SMILES string of the molecule is Cc1nc2nccc(C(=O)NCCNc3nccc(C(F)(F)F)n3)n2n1. The van der Waals surface area contributed by atoms with Gasteiger partial charge in [0.15, 0.2) is 0 Å². The quantitative estimate of drug-likeness (QED) is 0.650. The summed E-state index contributed by atoms with van der Waals surface area (Å²) in [6, 6.07) is 2.27. The maximum Gasteiger partial charge on any atom is 0.433 e. The largest absolute Gasteiger partial charge is 0.433 e. The minimum absolute atomic E-state index is 0.135. The van der Waals surface area contributed by atoms with Gasteiger partial charge in [-0.15, -0.1) is 5.10 Å². The van der Waals surface area contributed by atoms with Gasteiger partial charge in [-0.3, -0.25) is 4.79 Å². The first-order chi connectivity index (χ1) is 12.3. The molecule has 0 unspecified atom stereocenters. The van der Waals surface area contributed by atoms with Gasteiger partial charge in [-0.05, 0) is 19.1 Å². The van der Waals surface area contributed by atoms with Crippen molar-refractivity contribution < 1.29 is 18.0 Å². The van der Waals surface area contributed by atoms with E-state index >= 15 is 0 Å². The Bertz CT molecular complexity index is 939. The number of fused-ring (bicyclic) bond motifs is 1. The standard InChI is InChI=1S/C14H13F3N8O/c1-8-22-13-21-4-2-9(25(13)24-8)11(26)18-6-7-20-12-19-5-3-10(23-12)14(15,16)17/h2-5H,6-7H2,1H3,(H,18,26)(H,19,20,23). The molecule has 0 aliphatic rings. The molecule has 3 rings (SSSR count). The third kappa shape index (κ3) is 3.84. The molecule has 0 radical (unpaired) electrons. The summed E-state index contributed by atoms with van der Waals surface area (Å²) in [5.74, 6) is 0.174. The Kier molecular flexibility index (Phi) is 4.65. The molecule has 0 atom stereocenters. The first kappa shape index (κ1) is 17.5. The second-order valence-corrected chi connectivity index (χ2v) is 5.15. The van der Waals surface area contributed by atoms with Crippen molar-refractivity contribution in [3.05, 3.63) is 41.7 Å². The third-order valence-corrected chi connectivity index (χ3v) is 3.22. The highest BCUT2D eigenvalue weighted by Gasteiger charge is 2.32. The van der Waals surface area contributed by atoms with Crippen molar-refractivity contribution in [2.75, 3.05) is 18.4 Å². The highest BCUT2D eigenvalue weighted by Crippen LogP contribution is 2.27. The number of alkyl halides is 3. The lowest BCUT2D eigenvalue weighted by molar-refractivity contribution is -0.141. The van der Waals surface area contributed by atoms with Gasteiger partial charge in [-0.1, -0.05) is 0 Å². The van der Waals surface area contributed by atoms with E-state index in [0.717, 1.165) is 12.3 Å². The van der Waals surface area contributed by atoms with Crippen molar-refractivity contribution in [1.82, 2.24) is 34.9 Å². The minimum Gasteiger partial charge on any atom is -0.352 e. The molecular weight excluding hydrogens is 353 g/mol. The lowest BCUT2D eigenvalue weighted by atomic mass is 10.4. The summed E-state index contributed by atoms with van der Waals surface area (Å²) in [7, 11) is 0. The lowest BCUT2D eigenvalue weighted by Gasteiger charge is -2.09. The number of nitrogens with one attached hydrogen (secondary N) is 2. The van der Waals surface area contributed by atoms with Crippen LogP contribution < -0.4 is 10.6 Å². The van der Waals surface area contributed by atoms with E-state index in [1.165, 1.54) is 16.8 Å². The number of carbonyl (C=O) groups is 1. The summed E-state index contributed by atoms with van der Waals surface area (Å²) in [5.41, 5.74) is -0.800. The number of aromatic nitrogens is 6. The number of carbonyl (C=O) groups excluding carboxylic acids is 1. The van der Waals surface area contributed by atoms with E-state index in [1.54, 1.807) is 6.92 Å². The maximum atomic E-state index is 12.6. The zero-order valence-corrected chi connectivity index (χ0v) is 13.4. The molecule has 3 aromatic heterocycles. The molecule has 0 aliphatic carbocycles. The molecule has 0 aliphatic heterocycles. The number of nitrogens with zero attached hydrogens (tertiary/aromatic N) is 6. The first-order valence-electron chi connectivity index (χ1n) is 7.45. The van der Waals surface area contributed by atoms with Crippen LogP contribution in [0.15, 0.2) is 24.5 Å². The number of halogens is 3. The molecule has 0 bridgehead atoms. The molecule has 0 saturated carbocycles. The van der Waals surface area contributed by atoms with Crippen LogP contribution in [0.25, 0.3) is 5.78 Å². The van der Waals surface area contributed by atoms with Crippen molar-refractivity contribution >= 4 is 17.6 Å². The van der Waals surface area contributed by atoms with Crippen LogP contribution >= 0.6 is 0 Å². The molecule has 3 aromatic rings. The fourth-order valence-corrected chi connectivity index (χ4v) is 2.11. The molecule has 1 amide bonds. The molecule has 0 fully saturated rings. The Morgan fingerprint density at radius 3 is 2.69 bits per heavy atom. The summed E-state index contributed by atoms with van der Waals surface area (Å²) in [5, 5.41) is 9.32. The second kappa shape index (κ2) is 6.90. The van der Waals surface area contributed by atoms with Crippen LogP contribution in [0, 0.1) is 6.92 Å². The van der Waals surface area contributed by atoms with Crippen LogP contribution in [0.4, 0.5) is 19.1 Å². The van der Waals surface area contributed by atoms with E-state index in [1.807, 2.05) is 0 Å². The number of hydrogen-bond donors (Lipinski definition) is 2. The molecule has 136 valence electrons.